The molecular weight excluding hydrogens is 294 g/mol. The van der Waals surface area contributed by atoms with Crippen molar-refractivity contribution in [1.82, 2.24) is 5.32 Å². The minimum Gasteiger partial charge on any atom is -0.480 e. The molecule has 1 atom stereocenters. The van der Waals surface area contributed by atoms with Crippen LogP contribution >= 0.6 is 23.4 Å². The summed E-state index contributed by atoms with van der Waals surface area (Å²) in [5.74, 6) is 0.0853. The molecule has 2 N–H and O–H groups in total. The number of hydrogen-bond donors (Lipinski definition) is 2. The van der Waals surface area contributed by atoms with Gasteiger partial charge in [-0.15, -0.1) is 11.8 Å². The molecule has 1 rings (SSSR count). The van der Waals surface area contributed by atoms with E-state index < -0.39 is 11.5 Å². The molecule has 1 aromatic rings. The fourth-order valence-electron chi connectivity index (χ4n) is 2.05. The van der Waals surface area contributed by atoms with E-state index in [4.69, 9.17) is 11.6 Å². The Balaban J connectivity index is 2.43. The maximum atomic E-state index is 11.4. The number of rotatable bonds is 8. The first kappa shape index (κ1) is 17.3. The van der Waals surface area contributed by atoms with Crippen LogP contribution < -0.4 is 5.32 Å². The fourth-order valence-corrected chi connectivity index (χ4v) is 3.21. The third-order valence-electron chi connectivity index (χ3n) is 2.97. The summed E-state index contributed by atoms with van der Waals surface area (Å²) in [5, 5.41) is 13.2. The monoisotopic (exact) mass is 315 g/mol. The van der Waals surface area contributed by atoms with E-state index in [-0.39, 0.29) is 6.04 Å². The van der Waals surface area contributed by atoms with E-state index in [9.17, 15) is 9.90 Å². The van der Waals surface area contributed by atoms with Gasteiger partial charge in [-0.05, 0) is 57.6 Å². The molecule has 0 aliphatic carbocycles. The summed E-state index contributed by atoms with van der Waals surface area (Å²) in [5.41, 5.74) is -0.858. The maximum Gasteiger partial charge on any atom is 0.323 e. The molecule has 20 heavy (non-hydrogen) atoms. The van der Waals surface area contributed by atoms with Crippen molar-refractivity contribution < 1.29 is 9.90 Å². The minimum absolute atomic E-state index is 0.150. The molecule has 0 radical (unpaired) electrons. The van der Waals surface area contributed by atoms with Gasteiger partial charge in [0.15, 0.2) is 0 Å². The van der Waals surface area contributed by atoms with Crippen LogP contribution in [0.5, 0.6) is 0 Å². The van der Waals surface area contributed by atoms with Crippen molar-refractivity contribution in [2.24, 2.45) is 0 Å². The van der Waals surface area contributed by atoms with Crippen LogP contribution in [0.15, 0.2) is 29.2 Å². The Kier molecular flexibility index (Phi) is 6.86. The molecule has 0 aliphatic heterocycles. The predicted molar refractivity (Wildman–Crippen MR) is 85.7 cm³/mol. The van der Waals surface area contributed by atoms with Crippen molar-refractivity contribution in [2.45, 2.75) is 50.1 Å². The highest BCUT2D eigenvalue weighted by Crippen LogP contribution is 2.24. The van der Waals surface area contributed by atoms with E-state index in [1.165, 1.54) is 0 Å². The maximum absolute atomic E-state index is 11.4. The lowest BCUT2D eigenvalue weighted by Gasteiger charge is -2.28. The average Bonchev–Trinajstić information content (AvgIpc) is 2.34. The second kappa shape index (κ2) is 7.91. The summed E-state index contributed by atoms with van der Waals surface area (Å²) in [6, 6.07) is 7.86. The Morgan fingerprint density at radius 3 is 2.75 bits per heavy atom. The first-order valence-corrected chi connectivity index (χ1v) is 8.09. The Bertz CT molecular complexity index is 453. The molecule has 0 amide bonds. The Hall–Kier alpha value is -0.710. The number of hydrogen-bond acceptors (Lipinski definition) is 3. The molecule has 0 aliphatic rings. The van der Waals surface area contributed by atoms with Crippen LogP contribution in [0, 0.1) is 0 Å². The number of benzene rings is 1. The molecule has 112 valence electrons. The smallest absolute Gasteiger partial charge is 0.323 e. The van der Waals surface area contributed by atoms with E-state index in [1.807, 2.05) is 38.1 Å². The number of nitrogens with one attached hydrogen (secondary N) is 1. The van der Waals surface area contributed by atoms with Gasteiger partial charge in [-0.1, -0.05) is 17.7 Å². The van der Waals surface area contributed by atoms with Crippen molar-refractivity contribution in [3.05, 3.63) is 29.3 Å². The molecule has 0 bridgehead atoms. The van der Waals surface area contributed by atoms with Gasteiger partial charge >= 0.3 is 5.97 Å². The number of carbonyl (C=O) groups is 1. The van der Waals surface area contributed by atoms with Crippen molar-refractivity contribution in [3.8, 4) is 0 Å². The van der Waals surface area contributed by atoms with Crippen LogP contribution in [0.25, 0.3) is 0 Å². The van der Waals surface area contributed by atoms with E-state index >= 15 is 0 Å². The molecule has 0 saturated heterocycles. The molecule has 1 aromatic carbocycles. The van der Waals surface area contributed by atoms with Crippen molar-refractivity contribution >= 4 is 29.3 Å². The standard InChI is InChI=1S/C15H22ClNO2S/c1-11(2)17-15(3,14(18)19)8-5-9-20-13-7-4-6-12(16)10-13/h4,6-7,10-11,17H,5,8-9H2,1-3H3,(H,18,19). The second-order valence-electron chi connectivity index (χ2n) is 5.35. The van der Waals surface area contributed by atoms with Crippen LogP contribution in [-0.2, 0) is 4.79 Å². The van der Waals surface area contributed by atoms with Crippen LogP contribution in [0.3, 0.4) is 0 Å². The third-order valence-corrected chi connectivity index (χ3v) is 4.28. The molecule has 0 fully saturated rings. The number of carboxylic acid groups (broad SMARTS) is 1. The van der Waals surface area contributed by atoms with E-state index in [2.05, 4.69) is 5.32 Å². The lowest BCUT2D eigenvalue weighted by molar-refractivity contribution is -0.144. The molecule has 3 nitrogen and oxygen atoms in total. The number of aliphatic carboxylic acids is 1. The zero-order chi connectivity index (χ0) is 15.2. The Morgan fingerprint density at radius 2 is 2.20 bits per heavy atom. The van der Waals surface area contributed by atoms with Crippen LogP contribution in [0.2, 0.25) is 5.02 Å². The van der Waals surface area contributed by atoms with Crippen molar-refractivity contribution in [2.75, 3.05) is 5.75 Å². The summed E-state index contributed by atoms with van der Waals surface area (Å²) in [4.78, 5) is 12.5. The van der Waals surface area contributed by atoms with Crippen molar-refractivity contribution in [3.63, 3.8) is 0 Å². The van der Waals surface area contributed by atoms with Crippen LogP contribution in [0.4, 0.5) is 0 Å². The molecule has 0 aromatic heterocycles. The summed E-state index contributed by atoms with van der Waals surface area (Å²) in [7, 11) is 0. The van der Waals surface area contributed by atoms with Crippen LogP contribution in [0.1, 0.15) is 33.6 Å². The topological polar surface area (TPSA) is 49.3 Å². The number of thioether (sulfide) groups is 1. The van der Waals surface area contributed by atoms with Crippen molar-refractivity contribution in [1.29, 1.82) is 0 Å². The lowest BCUT2D eigenvalue weighted by Crippen LogP contribution is -2.52. The van der Waals surface area contributed by atoms with Gasteiger partial charge in [0, 0.05) is 16.0 Å². The Labute approximate surface area is 130 Å². The second-order valence-corrected chi connectivity index (χ2v) is 6.95. The minimum atomic E-state index is -0.858. The molecule has 0 heterocycles. The summed E-state index contributed by atoms with van der Waals surface area (Å²) in [6.07, 6.45) is 1.44. The van der Waals surface area contributed by atoms with Gasteiger partial charge in [-0.3, -0.25) is 10.1 Å². The first-order chi connectivity index (χ1) is 9.33. The largest absolute Gasteiger partial charge is 0.480 e. The molecule has 5 heteroatoms. The first-order valence-electron chi connectivity index (χ1n) is 6.73. The quantitative estimate of drug-likeness (QED) is 0.561. The van der Waals surface area contributed by atoms with Gasteiger partial charge in [0.05, 0.1) is 0 Å². The van der Waals surface area contributed by atoms with Gasteiger partial charge in [0.1, 0.15) is 5.54 Å². The SMILES string of the molecule is CC(C)NC(C)(CCCSc1cccc(Cl)c1)C(=O)O. The van der Waals surface area contributed by atoms with Gasteiger partial charge in [-0.2, -0.15) is 0 Å². The number of carboxylic acids is 1. The molecule has 0 saturated carbocycles. The highest BCUT2D eigenvalue weighted by atomic mass is 35.5. The normalized spacial score (nSPS) is 14.2. The summed E-state index contributed by atoms with van der Waals surface area (Å²) < 4.78 is 0. The van der Waals surface area contributed by atoms with Crippen LogP contribution in [-0.4, -0.2) is 28.4 Å². The van der Waals surface area contributed by atoms with E-state index in [0.29, 0.717) is 6.42 Å². The van der Waals surface area contributed by atoms with Gasteiger partial charge in [-0.25, -0.2) is 0 Å². The highest BCUT2D eigenvalue weighted by Gasteiger charge is 2.32. The summed E-state index contributed by atoms with van der Waals surface area (Å²) >= 11 is 7.63. The molecular formula is C15H22ClNO2S. The van der Waals surface area contributed by atoms with Gasteiger partial charge in [0.25, 0.3) is 0 Å². The van der Waals surface area contributed by atoms with Gasteiger partial charge < -0.3 is 5.11 Å². The Morgan fingerprint density at radius 1 is 1.50 bits per heavy atom. The molecule has 1 unspecified atom stereocenters. The summed E-state index contributed by atoms with van der Waals surface area (Å²) in [6.45, 7) is 5.67. The number of halogens is 1. The third kappa shape index (κ3) is 5.73. The average molecular weight is 316 g/mol. The zero-order valence-electron chi connectivity index (χ0n) is 12.1. The highest BCUT2D eigenvalue weighted by molar-refractivity contribution is 7.99. The lowest BCUT2D eigenvalue weighted by atomic mass is 9.95. The predicted octanol–water partition coefficient (Wildman–Crippen LogP) is 4.05. The fraction of sp³-hybridized carbons (Fsp3) is 0.533. The molecule has 0 spiro atoms. The van der Waals surface area contributed by atoms with E-state index in [1.54, 1.807) is 18.7 Å². The van der Waals surface area contributed by atoms with Gasteiger partial charge in [0.2, 0.25) is 0 Å². The van der Waals surface area contributed by atoms with E-state index in [0.717, 1.165) is 22.1 Å². The zero-order valence-corrected chi connectivity index (χ0v) is 13.7.